The molecule has 1 saturated heterocycles. The zero-order valence-electron chi connectivity index (χ0n) is 15.6. The van der Waals surface area contributed by atoms with E-state index in [1.807, 2.05) is 36.5 Å². The van der Waals surface area contributed by atoms with E-state index in [-0.39, 0.29) is 6.10 Å². The van der Waals surface area contributed by atoms with Crippen molar-refractivity contribution in [3.8, 4) is 5.75 Å². The van der Waals surface area contributed by atoms with Gasteiger partial charge in [0, 0.05) is 43.5 Å². The SMILES string of the molecule is CCNC(=NCc1ncc(CC)s1)N1CCC(Oc2ccccc2)CC1. The van der Waals surface area contributed by atoms with Gasteiger partial charge in [0.25, 0.3) is 0 Å². The summed E-state index contributed by atoms with van der Waals surface area (Å²) in [6, 6.07) is 10.1. The largest absolute Gasteiger partial charge is 0.490 e. The highest BCUT2D eigenvalue weighted by Crippen LogP contribution is 2.19. The van der Waals surface area contributed by atoms with Crippen molar-refractivity contribution < 1.29 is 4.74 Å². The van der Waals surface area contributed by atoms with Crippen molar-refractivity contribution in [3.63, 3.8) is 0 Å². The van der Waals surface area contributed by atoms with E-state index in [1.165, 1.54) is 4.88 Å². The van der Waals surface area contributed by atoms with E-state index in [1.54, 1.807) is 11.3 Å². The molecule has 3 rings (SSSR count). The molecule has 6 heteroatoms. The lowest BCUT2D eigenvalue weighted by atomic mass is 10.1. The average Bonchev–Trinajstić information content (AvgIpc) is 3.15. The van der Waals surface area contributed by atoms with Crippen molar-refractivity contribution >= 4 is 17.3 Å². The van der Waals surface area contributed by atoms with Crippen LogP contribution in [0.1, 0.15) is 36.6 Å². The van der Waals surface area contributed by atoms with Crippen LogP contribution < -0.4 is 10.1 Å². The highest BCUT2D eigenvalue weighted by atomic mass is 32.1. The van der Waals surface area contributed by atoms with Crippen LogP contribution in [0.25, 0.3) is 0 Å². The Balaban J connectivity index is 1.54. The smallest absolute Gasteiger partial charge is 0.194 e. The number of likely N-dealkylation sites (tertiary alicyclic amines) is 1. The highest BCUT2D eigenvalue weighted by Gasteiger charge is 2.22. The fraction of sp³-hybridized carbons (Fsp3) is 0.500. The monoisotopic (exact) mass is 372 g/mol. The van der Waals surface area contributed by atoms with Crippen LogP contribution in [-0.2, 0) is 13.0 Å². The van der Waals surface area contributed by atoms with Crippen LogP contribution in [-0.4, -0.2) is 41.6 Å². The van der Waals surface area contributed by atoms with E-state index in [2.05, 4.69) is 29.0 Å². The van der Waals surface area contributed by atoms with E-state index in [0.717, 1.165) is 55.6 Å². The molecule has 1 aliphatic rings. The second kappa shape index (κ2) is 9.57. The Hall–Kier alpha value is -2.08. The Morgan fingerprint density at radius 2 is 2.04 bits per heavy atom. The predicted octanol–water partition coefficient (Wildman–Crippen LogP) is 3.71. The first-order valence-corrected chi connectivity index (χ1v) is 10.3. The minimum absolute atomic E-state index is 0.280. The number of aromatic nitrogens is 1. The number of hydrogen-bond acceptors (Lipinski definition) is 4. The molecule has 1 aromatic carbocycles. The molecule has 0 radical (unpaired) electrons. The Morgan fingerprint density at radius 3 is 2.69 bits per heavy atom. The molecule has 0 aliphatic carbocycles. The van der Waals surface area contributed by atoms with E-state index < -0.39 is 0 Å². The summed E-state index contributed by atoms with van der Waals surface area (Å²) in [6.07, 6.45) is 5.31. The Labute approximate surface area is 160 Å². The Bertz CT molecular complexity index is 693. The van der Waals surface area contributed by atoms with Gasteiger partial charge in [0.2, 0.25) is 0 Å². The molecule has 0 amide bonds. The quantitative estimate of drug-likeness (QED) is 0.620. The van der Waals surface area contributed by atoms with Gasteiger partial charge in [0.15, 0.2) is 5.96 Å². The number of para-hydroxylation sites is 1. The fourth-order valence-corrected chi connectivity index (χ4v) is 3.82. The van der Waals surface area contributed by atoms with E-state index in [4.69, 9.17) is 9.73 Å². The van der Waals surface area contributed by atoms with Gasteiger partial charge in [-0.2, -0.15) is 0 Å². The summed E-state index contributed by atoms with van der Waals surface area (Å²) in [5, 5.41) is 4.50. The van der Waals surface area contributed by atoms with E-state index >= 15 is 0 Å². The van der Waals surface area contributed by atoms with Gasteiger partial charge >= 0.3 is 0 Å². The summed E-state index contributed by atoms with van der Waals surface area (Å²) in [7, 11) is 0. The second-order valence-corrected chi connectivity index (χ2v) is 7.56. The number of benzene rings is 1. The maximum Gasteiger partial charge on any atom is 0.194 e. The van der Waals surface area contributed by atoms with Crippen LogP contribution in [0.4, 0.5) is 0 Å². The van der Waals surface area contributed by atoms with Crippen molar-refractivity contribution in [2.45, 2.75) is 45.8 Å². The average molecular weight is 373 g/mol. The van der Waals surface area contributed by atoms with Crippen molar-refractivity contribution in [1.82, 2.24) is 15.2 Å². The molecule has 0 unspecified atom stereocenters. The van der Waals surface area contributed by atoms with Crippen molar-refractivity contribution in [2.24, 2.45) is 4.99 Å². The van der Waals surface area contributed by atoms with E-state index in [0.29, 0.717) is 6.54 Å². The third kappa shape index (κ3) is 5.21. The van der Waals surface area contributed by atoms with Crippen molar-refractivity contribution in [2.75, 3.05) is 19.6 Å². The topological polar surface area (TPSA) is 49.8 Å². The fourth-order valence-electron chi connectivity index (χ4n) is 3.03. The maximum atomic E-state index is 6.09. The molecule has 0 bridgehead atoms. The minimum Gasteiger partial charge on any atom is -0.490 e. The minimum atomic E-state index is 0.280. The molecule has 1 aliphatic heterocycles. The van der Waals surface area contributed by atoms with Gasteiger partial charge in [-0.25, -0.2) is 9.98 Å². The third-order valence-corrected chi connectivity index (χ3v) is 5.56. The van der Waals surface area contributed by atoms with E-state index in [9.17, 15) is 0 Å². The van der Waals surface area contributed by atoms with Crippen LogP contribution >= 0.6 is 11.3 Å². The molecule has 5 nitrogen and oxygen atoms in total. The number of aliphatic imine (C=N–C) groups is 1. The summed E-state index contributed by atoms with van der Waals surface area (Å²) in [5.41, 5.74) is 0. The first kappa shape index (κ1) is 18.7. The number of ether oxygens (including phenoxy) is 1. The molecule has 1 aromatic heterocycles. The Morgan fingerprint density at radius 1 is 1.27 bits per heavy atom. The molecule has 0 spiro atoms. The first-order valence-electron chi connectivity index (χ1n) is 9.47. The molecule has 1 fully saturated rings. The number of nitrogens with zero attached hydrogens (tertiary/aromatic N) is 3. The molecule has 26 heavy (non-hydrogen) atoms. The second-order valence-electron chi connectivity index (χ2n) is 6.36. The van der Waals surface area contributed by atoms with Crippen molar-refractivity contribution in [3.05, 3.63) is 46.4 Å². The summed E-state index contributed by atoms with van der Waals surface area (Å²) < 4.78 is 6.09. The molecule has 0 saturated carbocycles. The van der Waals surface area contributed by atoms with Crippen LogP contribution in [0.3, 0.4) is 0 Å². The van der Waals surface area contributed by atoms with Crippen molar-refractivity contribution in [1.29, 1.82) is 0 Å². The van der Waals surface area contributed by atoms with Gasteiger partial charge in [0.1, 0.15) is 16.9 Å². The zero-order valence-corrected chi connectivity index (χ0v) is 16.5. The lowest BCUT2D eigenvalue weighted by Gasteiger charge is -2.34. The molecular formula is C20H28N4OS. The summed E-state index contributed by atoms with van der Waals surface area (Å²) >= 11 is 1.76. The number of rotatable bonds is 6. The molecular weight excluding hydrogens is 344 g/mol. The van der Waals surface area contributed by atoms with Crippen LogP contribution in [0.15, 0.2) is 41.5 Å². The Kier molecular flexibility index (Phi) is 6.89. The van der Waals surface area contributed by atoms with Gasteiger partial charge in [-0.15, -0.1) is 11.3 Å². The number of thiazole rings is 1. The van der Waals surface area contributed by atoms with Gasteiger partial charge in [0.05, 0.1) is 6.54 Å². The summed E-state index contributed by atoms with van der Waals surface area (Å²) in [6.45, 7) is 7.71. The van der Waals surface area contributed by atoms with Crippen LogP contribution in [0, 0.1) is 0 Å². The standard InChI is InChI=1S/C20H28N4OS/c1-3-18-14-22-19(26-18)15-23-20(21-4-2)24-12-10-17(11-13-24)25-16-8-6-5-7-9-16/h5-9,14,17H,3-4,10-13,15H2,1-2H3,(H,21,23). The molecule has 2 aromatic rings. The van der Waals surface area contributed by atoms with Gasteiger partial charge < -0.3 is 15.0 Å². The number of nitrogens with one attached hydrogen (secondary N) is 1. The van der Waals surface area contributed by atoms with Crippen LogP contribution in [0.2, 0.25) is 0 Å². The van der Waals surface area contributed by atoms with Gasteiger partial charge in [-0.1, -0.05) is 25.1 Å². The zero-order chi connectivity index (χ0) is 18.2. The summed E-state index contributed by atoms with van der Waals surface area (Å²) in [5.74, 6) is 1.95. The maximum absolute atomic E-state index is 6.09. The number of piperidine rings is 1. The van der Waals surface area contributed by atoms with Gasteiger partial charge in [-0.05, 0) is 25.5 Å². The summed E-state index contributed by atoms with van der Waals surface area (Å²) in [4.78, 5) is 12.9. The normalized spacial score (nSPS) is 15.9. The highest BCUT2D eigenvalue weighted by molar-refractivity contribution is 7.11. The van der Waals surface area contributed by atoms with Gasteiger partial charge in [-0.3, -0.25) is 0 Å². The number of hydrogen-bond donors (Lipinski definition) is 1. The number of aryl methyl sites for hydroxylation is 1. The van der Waals surface area contributed by atoms with Crippen LogP contribution in [0.5, 0.6) is 5.75 Å². The molecule has 0 atom stereocenters. The molecule has 1 N–H and O–H groups in total. The molecule has 2 heterocycles. The lowest BCUT2D eigenvalue weighted by Crippen LogP contribution is -2.47. The third-order valence-electron chi connectivity index (χ3n) is 4.44. The number of guanidine groups is 1. The lowest BCUT2D eigenvalue weighted by molar-refractivity contribution is 0.129. The predicted molar refractivity (Wildman–Crippen MR) is 108 cm³/mol. The first-order chi connectivity index (χ1) is 12.8. The molecule has 140 valence electrons.